The Hall–Kier alpha value is -1.09. The van der Waals surface area contributed by atoms with Crippen molar-refractivity contribution in [3.8, 4) is 6.07 Å². The van der Waals surface area contributed by atoms with Gasteiger partial charge in [0.05, 0.1) is 16.7 Å². The lowest BCUT2D eigenvalue weighted by atomic mass is 10.2. The van der Waals surface area contributed by atoms with Crippen LogP contribution in [0.2, 0.25) is 5.02 Å². The van der Waals surface area contributed by atoms with Crippen molar-refractivity contribution >= 4 is 21.6 Å². The van der Waals surface area contributed by atoms with Crippen LogP contribution in [-0.4, -0.2) is 25.3 Å². The Labute approximate surface area is 118 Å². The van der Waals surface area contributed by atoms with Gasteiger partial charge in [0, 0.05) is 12.6 Å². The number of sulfonamides is 1. The molecule has 1 saturated heterocycles. The zero-order valence-electron chi connectivity index (χ0n) is 10.6. The molecule has 102 valence electrons. The summed E-state index contributed by atoms with van der Waals surface area (Å²) in [6.45, 7) is 2.50. The Morgan fingerprint density at radius 2 is 2.26 bits per heavy atom. The van der Waals surface area contributed by atoms with Gasteiger partial charge in [-0.1, -0.05) is 18.5 Å². The maximum atomic E-state index is 12.6. The van der Waals surface area contributed by atoms with Crippen LogP contribution in [0.5, 0.6) is 0 Å². The van der Waals surface area contributed by atoms with Crippen LogP contribution in [-0.2, 0) is 10.0 Å². The summed E-state index contributed by atoms with van der Waals surface area (Å²) in [5, 5.41) is 9.05. The van der Waals surface area contributed by atoms with E-state index in [0.29, 0.717) is 12.1 Å². The number of rotatable bonds is 3. The summed E-state index contributed by atoms with van der Waals surface area (Å²) in [5.41, 5.74) is 0.301. The molecule has 2 rings (SSSR count). The van der Waals surface area contributed by atoms with E-state index < -0.39 is 10.0 Å². The summed E-state index contributed by atoms with van der Waals surface area (Å²) in [5.74, 6) is 0. The van der Waals surface area contributed by atoms with Crippen LogP contribution in [0, 0.1) is 11.3 Å². The van der Waals surface area contributed by atoms with Crippen LogP contribution in [0.4, 0.5) is 0 Å². The molecule has 0 radical (unpaired) electrons. The standard InChI is InChI=1S/C13H15ClN2O2S/c1-2-11-4-3-7-16(11)19(17,18)13-8-10(9-15)5-6-12(13)14/h5-6,8,11H,2-4,7H2,1H3. The molecular formula is C13H15ClN2O2S. The molecule has 1 unspecified atom stereocenters. The highest BCUT2D eigenvalue weighted by molar-refractivity contribution is 7.89. The smallest absolute Gasteiger partial charge is 0.207 e. The second-order valence-corrected chi connectivity index (χ2v) is 6.84. The third-order valence-electron chi connectivity index (χ3n) is 3.44. The van der Waals surface area contributed by atoms with Crippen molar-refractivity contribution in [2.45, 2.75) is 37.1 Å². The van der Waals surface area contributed by atoms with E-state index >= 15 is 0 Å². The third-order valence-corrected chi connectivity index (χ3v) is 5.87. The minimum absolute atomic E-state index is 0.0341. The molecule has 0 saturated carbocycles. The Morgan fingerprint density at radius 1 is 1.53 bits per heavy atom. The first-order chi connectivity index (χ1) is 9.00. The lowest BCUT2D eigenvalue weighted by molar-refractivity contribution is 0.379. The summed E-state index contributed by atoms with van der Waals surface area (Å²) in [6, 6.07) is 6.30. The monoisotopic (exact) mass is 298 g/mol. The predicted molar refractivity (Wildman–Crippen MR) is 73.4 cm³/mol. The van der Waals surface area contributed by atoms with Gasteiger partial charge in [0.25, 0.3) is 0 Å². The molecule has 0 spiro atoms. The van der Waals surface area contributed by atoms with Crippen molar-refractivity contribution in [3.05, 3.63) is 28.8 Å². The molecule has 1 heterocycles. The van der Waals surface area contributed by atoms with Gasteiger partial charge in [-0.2, -0.15) is 9.57 Å². The van der Waals surface area contributed by atoms with E-state index in [9.17, 15) is 8.42 Å². The molecule has 1 aliphatic rings. The van der Waals surface area contributed by atoms with E-state index in [4.69, 9.17) is 16.9 Å². The molecule has 1 aromatic rings. The van der Waals surface area contributed by atoms with E-state index in [-0.39, 0.29) is 16.0 Å². The lowest BCUT2D eigenvalue weighted by Crippen LogP contribution is -2.35. The number of nitriles is 1. The zero-order valence-corrected chi connectivity index (χ0v) is 12.2. The molecule has 4 nitrogen and oxygen atoms in total. The summed E-state index contributed by atoms with van der Waals surface area (Å²) in [4.78, 5) is 0.0357. The SMILES string of the molecule is CCC1CCCN1S(=O)(=O)c1cc(C#N)ccc1Cl. The maximum absolute atomic E-state index is 12.6. The van der Waals surface area contributed by atoms with Gasteiger partial charge in [0.2, 0.25) is 10.0 Å². The average Bonchev–Trinajstić information content (AvgIpc) is 2.88. The number of halogens is 1. The second-order valence-electron chi connectivity index (χ2n) is 4.58. The molecule has 0 aromatic heterocycles. The highest BCUT2D eigenvalue weighted by Crippen LogP contribution is 2.31. The minimum atomic E-state index is -3.61. The third kappa shape index (κ3) is 2.62. The topological polar surface area (TPSA) is 61.2 Å². The molecule has 1 fully saturated rings. The van der Waals surface area contributed by atoms with Crippen molar-refractivity contribution in [3.63, 3.8) is 0 Å². The fraction of sp³-hybridized carbons (Fsp3) is 0.462. The Morgan fingerprint density at radius 3 is 2.89 bits per heavy atom. The summed E-state index contributed by atoms with van der Waals surface area (Å²) >= 11 is 5.99. The van der Waals surface area contributed by atoms with Gasteiger partial charge in [0.15, 0.2) is 0 Å². The molecule has 0 amide bonds. The van der Waals surface area contributed by atoms with Crippen LogP contribution >= 0.6 is 11.6 Å². The highest BCUT2D eigenvalue weighted by atomic mass is 35.5. The Balaban J connectivity index is 2.48. The first-order valence-electron chi connectivity index (χ1n) is 6.22. The van der Waals surface area contributed by atoms with Gasteiger partial charge in [-0.25, -0.2) is 8.42 Å². The number of nitrogens with zero attached hydrogens (tertiary/aromatic N) is 2. The highest BCUT2D eigenvalue weighted by Gasteiger charge is 2.35. The first-order valence-corrected chi connectivity index (χ1v) is 8.04. The van der Waals surface area contributed by atoms with Crippen molar-refractivity contribution in [2.24, 2.45) is 0 Å². The van der Waals surface area contributed by atoms with E-state index in [2.05, 4.69) is 0 Å². The minimum Gasteiger partial charge on any atom is -0.207 e. The largest absolute Gasteiger partial charge is 0.244 e. The summed E-state index contributed by atoms with van der Waals surface area (Å²) in [6.07, 6.45) is 2.54. The van der Waals surface area contributed by atoms with Gasteiger partial charge < -0.3 is 0 Å². The van der Waals surface area contributed by atoms with Gasteiger partial charge >= 0.3 is 0 Å². The van der Waals surface area contributed by atoms with Gasteiger partial charge in [-0.05, 0) is 37.5 Å². The molecule has 0 N–H and O–H groups in total. The van der Waals surface area contributed by atoms with Crippen LogP contribution < -0.4 is 0 Å². The molecule has 6 heteroatoms. The Bertz CT molecular complexity index is 622. The summed E-state index contributed by atoms with van der Waals surface area (Å²) < 4.78 is 26.8. The molecule has 1 atom stereocenters. The van der Waals surface area contributed by atoms with Crippen molar-refractivity contribution < 1.29 is 8.42 Å². The zero-order chi connectivity index (χ0) is 14.0. The van der Waals surface area contributed by atoms with E-state index in [1.54, 1.807) is 0 Å². The molecule has 0 aliphatic carbocycles. The normalized spacial score (nSPS) is 20.4. The molecule has 0 bridgehead atoms. The predicted octanol–water partition coefficient (Wildman–Crippen LogP) is 2.77. The number of hydrogen-bond donors (Lipinski definition) is 0. The Kier molecular flexibility index (Phi) is 4.14. The fourth-order valence-electron chi connectivity index (χ4n) is 2.43. The van der Waals surface area contributed by atoms with Crippen molar-refractivity contribution in [1.29, 1.82) is 5.26 Å². The summed E-state index contributed by atoms with van der Waals surface area (Å²) in [7, 11) is -3.61. The van der Waals surface area contributed by atoms with Crippen molar-refractivity contribution in [1.82, 2.24) is 4.31 Å². The molecule has 1 aromatic carbocycles. The second kappa shape index (κ2) is 5.49. The first kappa shape index (κ1) is 14.3. The van der Waals surface area contributed by atoms with Crippen LogP contribution in [0.15, 0.2) is 23.1 Å². The van der Waals surface area contributed by atoms with Crippen LogP contribution in [0.1, 0.15) is 31.7 Å². The molecule has 1 aliphatic heterocycles. The van der Waals surface area contributed by atoms with E-state index in [1.807, 2.05) is 13.0 Å². The lowest BCUT2D eigenvalue weighted by Gasteiger charge is -2.23. The average molecular weight is 299 g/mol. The van der Waals surface area contributed by atoms with Gasteiger partial charge in [-0.3, -0.25) is 0 Å². The molecular weight excluding hydrogens is 284 g/mol. The van der Waals surface area contributed by atoms with Crippen molar-refractivity contribution in [2.75, 3.05) is 6.54 Å². The fourth-order valence-corrected chi connectivity index (χ4v) is 4.70. The number of benzene rings is 1. The molecule has 19 heavy (non-hydrogen) atoms. The number of hydrogen-bond acceptors (Lipinski definition) is 3. The maximum Gasteiger partial charge on any atom is 0.244 e. The van der Waals surface area contributed by atoms with Gasteiger partial charge in [-0.15, -0.1) is 0 Å². The van der Waals surface area contributed by atoms with E-state index in [0.717, 1.165) is 19.3 Å². The van der Waals surface area contributed by atoms with Crippen LogP contribution in [0.3, 0.4) is 0 Å². The van der Waals surface area contributed by atoms with Crippen LogP contribution in [0.25, 0.3) is 0 Å². The van der Waals surface area contributed by atoms with Gasteiger partial charge in [0.1, 0.15) is 4.90 Å². The van der Waals surface area contributed by atoms with E-state index in [1.165, 1.54) is 22.5 Å². The quantitative estimate of drug-likeness (QED) is 0.862.